The van der Waals surface area contributed by atoms with E-state index in [4.69, 9.17) is 9.05 Å². The van der Waals surface area contributed by atoms with Crippen molar-refractivity contribution in [3.8, 4) is 0 Å². The third-order valence-electron chi connectivity index (χ3n) is 2.22. The summed E-state index contributed by atoms with van der Waals surface area (Å²) in [6.07, 6.45) is 0.186. The number of carbonyl (C=O) groups is 1. The van der Waals surface area contributed by atoms with Gasteiger partial charge in [0.1, 0.15) is 13.2 Å². The van der Waals surface area contributed by atoms with Gasteiger partial charge in [0.05, 0.1) is 27.7 Å². The zero-order valence-electron chi connectivity index (χ0n) is 12.1. The maximum absolute atomic E-state index is 11.9. The molecule has 106 valence electrons. The van der Waals surface area contributed by atoms with Crippen LogP contribution in [0, 0.1) is 0 Å². The largest absolute Gasteiger partial charge is 0.329 e. The van der Waals surface area contributed by atoms with Gasteiger partial charge in [-0.2, -0.15) is 0 Å². The molecule has 5 nitrogen and oxygen atoms in total. The highest BCUT2D eigenvalue weighted by atomic mass is 31.2. The van der Waals surface area contributed by atoms with Gasteiger partial charge in [-0.05, 0) is 12.5 Å². The lowest BCUT2D eigenvalue weighted by Crippen LogP contribution is -2.37. The van der Waals surface area contributed by atoms with Gasteiger partial charge >= 0.3 is 7.60 Å². The topological polar surface area (TPSA) is 52.6 Å². The molecule has 0 N–H and O–H groups in total. The first kappa shape index (κ1) is 17.5. The monoisotopic (exact) mass is 278 g/mol. The predicted molar refractivity (Wildman–Crippen MR) is 72.8 cm³/mol. The second-order valence-electron chi connectivity index (χ2n) is 5.41. The second-order valence-corrected chi connectivity index (χ2v) is 7.46. The number of hydrogen-bond acceptors (Lipinski definition) is 4. The van der Waals surface area contributed by atoms with Crippen LogP contribution in [-0.2, 0) is 18.4 Å². The molecule has 0 saturated carbocycles. The lowest BCUT2D eigenvalue weighted by Gasteiger charge is -2.24. The summed E-state index contributed by atoms with van der Waals surface area (Å²) in [4.78, 5) is 11.3. The Morgan fingerprint density at radius 1 is 1.22 bits per heavy atom. The van der Waals surface area contributed by atoms with E-state index in [1.165, 1.54) is 6.66 Å². The Balaban J connectivity index is 3.91. The molecular formula is C12H25NO4P+. The fourth-order valence-electron chi connectivity index (χ4n) is 1.04. The van der Waals surface area contributed by atoms with Gasteiger partial charge in [0.25, 0.3) is 0 Å². The smallest absolute Gasteiger partial charge is 0.327 e. The fraction of sp³-hybridized carbons (Fsp3) is 0.750. The molecule has 0 aliphatic carbocycles. The molecular weight excluding hydrogens is 253 g/mol. The first-order chi connectivity index (χ1) is 8.03. The Kier molecular flexibility index (Phi) is 7.00. The number of Topliss-reactive ketones (excluding diaryl/α,β-unsaturated/α-hetero) is 1. The van der Waals surface area contributed by atoms with Crippen molar-refractivity contribution >= 4 is 13.4 Å². The molecule has 0 aliphatic rings. The quantitative estimate of drug-likeness (QED) is 0.368. The third kappa shape index (κ3) is 9.54. The van der Waals surface area contributed by atoms with Gasteiger partial charge in [-0.3, -0.25) is 9.36 Å². The standard InChI is InChI=1S/C12H25NO4P/c1-11(2)12(14)7-9-16-18(6,15)17-10-8-13(3,4)5/h1,7-10H2,2-6H3/q+1. The highest BCUT2D eigenvalue weighted by Gasteiger charge is 2.19. The number of carbonyl (C=O) groups excluding carboxylic acids is 1. The van der Waals surface area contributed by atoms with Gasteiger partial charge in [-0.15, -0.1) is 0 Å². The second kappa shape index (κ2) is 7.19. The summed E-state index contributed by atoms with van der Waals surface area (Å²) in [6.45, 7) is 7.82. The summed E-state index contributed by atoms with van der Waals surface area (Å²) >= 11 is 0. The SMILES string of the molecule is C=C(C)C(=O)CCOP(C)(=O)OCC[N+](C)(C)C. The van der Waals surface area contributed by atoms with Crippen LogP contribution in [-0.4, -0.2) is 57.8 Å². The maximum atomic E-state index is 11.9. The number of nitrogens with zero attached hydrogens (tertiary/aromatic N) is 1. The van der Waals surface area contributed by atoms with Crippen LogP contribution < -0.4 is 0 Å². The van der Waals surface area contributed by atoms with Gasteiger partial charge in [-0.1, -0.05) is 6.58 Å². The molecule has 0 heterocycles. The van der Waals surface area contributed by atoms with Crippen LogP contribution in [0.3, 0.4) is 0 Å². The molecule has 1 atom stereocenters. The predicted octanol–water partition coefficient (Wildman–Crippen LogP) is 2.08. The Bertz CT molecular complexity index is 346. The number of rotatable bonds is 9. The molecule has 0 saturated heterocycles. The summed E-state index contributed by atoms with van der Waals surface area (Å²) in [7, 11) is 3.02. The minimum absolute atomic E-state index is 0.0821. The highest BCUT2D eigenvalue weighted by Crippen LogP contribution is 2.43. The van der Waals surface area contributed by atoms with E-state index in [9.17, 15) is 9.36 Å². The molecule has 0 spiro atoms. The molecule has 0 aliphatic heterocycles. The van der Waals surface area contributed by atoms with Crippen LogP contribution in [0.4, 0.5) is 0 Å². The summed E-state index contributed by atoms with van der Waals surface area (Å²) in [5.74, 6) is -0.0821. The van der Waals surface area contributed by atoms with Gasteiger partial charge in [-0.25, -0.2) is 0 Å². The Morgan fingerprint density at radius 2 is 1.72 bits per heavy atom. The number of allylic oxidation sites excluding steroid dienone is 1. The van der Waals surface area contributed by atoms with Gasteiger partial charge in [0.15, 0.2) is 5.78 Å². The first-order valence-electron chi connectivity index (χ1n) is 5.89. The average Bonchev–Trinajstić information content (AvgIpc) is 2.14. The molecule has 0 rings (SSSR count). The van der Waals surface area contributed by atoms with E-state index in [1.54, 1.807) is 6.92 Å². The van der Waals surface area contributed by atoms with Gasteiger partial charge in [0.2, 0.25) is 0 Å². The van der Waals surface area contributed by atoms with Crippen LogP contribution in [0.1, 0.15) is 13.3 Å². The minimum atomic E-state index is -3.06. The Labute approximate surface area is 110 Å². The average molecular weight is 278 g/mol. The molecule has 0 bridgehead atoms. The molecule has 0 amide bonds. The third-order valence-corrected chi connectivity index (χ3v) is 3.52. The molecule has 0 fully saturated rings. The van der Waals surface area contributed by atoms with Crippen LogP contribution in [0.5, 0.6) is 0 Å². The van der Waals surface area contributed by atoms with E-state index in [0.29, 0.717) is 12.2 Å². The summed E-state index contributed by atoms with van der Waals surface area (Å²) in [5.41, 5.74) is 0.482. The maximum Gasteiger partial charge on any atom is 0.327 e. The van der Waals surface area contributed by atoms with Crippen LogP contribution >= 0.6 is 7.60 Å². The van der Waals surface area contributed by atoms with Crippen molar-refractivity contribution in [3.05, 3.63) is 12.2 Å². The first-order valence-corrected chi connectivity index (χ1v) is 7.88. The van der Waals surface area contributed by atoms with Crippen molar-refractivity contribution < 1.29 is 22.9 Å². The molecule has 0 aromatic carbocycles. The molecule has 0 aromatic rings. The van der Waals surface area contributed by atoms with Crippen molar-refractivity contribution in [1.82, 2.24) is 0 Å². The zero-order chi connectivity index (χ0) is 14.4. The van der Waals surface area contributed by atoms with Crippen molar-refractivity contribution in [2.24, 2.45) is 0 Å². The van der Waals surface area contributed by atoms with Gasteiger partial charge < -0.3 is 13.5 Å². The van der Waals surface area contributed by atoms with Crippen molar-refractivity contribution in [2.45, 2.75) is 13.3 Å². The number of quaternary nitrogens is 1. The van der Waals surface area contributed by atoms with E-state index in [2.05, 4.69) is 6.58 Å². The normalized spacial score (nSPS) is 15.2. The van der Waals surface area contributed by atoms with Crippen molar-refractivity contribution in [3.63, 3.8) is 0 Å². The highest BCUT2D eigenvalue weighted by molar-refractivity contribution is 7.52. The number of likely N-dealkylation sites (N-methyl/N-ethyl adjacent to an activating group) is 1. The Hall–Kier alpha value is -0.480. The summed E-state index contributed by atoms with van der Waals surface area (Å²) in [6, 6.07) is 0. The van der Waals surface area contributed by atoms with E-state index >= 15 is 0 Å². The van der Waals surface area contributed by atoms with E-state index in [-0.39, 0.29) is 18.8 Å². The van der Waals surface area contributed by atoms with Crippen LogP contribution in [0.25, 0.3) is 0 Å². The molecule has 1 unspecified atom stereocenters. The van der Waals surface area contributed by atoms with Crippen LogP contribution in [0.15, 0.2) is 12.2 Å². The van der Waals surface area contributed by atoms with Crippen LogP contribution in [0.2, 0.25) is 0 Å². The fourth-order valence-corrected chi connectivity index (χ4v) is 1.95. The summed E-state index contributed by atoms with van der Waals surface area (Å²) < 4.78 is 23.0. The van der Waals surface area contributed by atoms with Gasteiger partial charge in [0, 0.05) is 13.1 Å². The summed E-state index contributed by atoms with van der Waals surface area (Å²) in [5, 5.41) is 0. The molecule has 0 radical (unpaired) electrons. The minimum Gasteiger partial charge on any atom is -0.329 e. The Morgan fingerprint density at radius 3 is 2.17 bits per heavy atom. The molecule has 0 aromatic heterocycles. The van der Waals surface area contributed by atoms with E-state index in [1.807, 2.05) is 21.1 Å². The lowest BCUT2D eigenvalue weighted by molar-refractivity contribution is -0.870. The van der Waals surface area contributed by atoms with E-state index in [0.717, 1.165) is 11.0 Å². The van der Waals surface area contributed by atoms with E-state index < -0.39 is 7.60 Å². The van der Waals surface area contributed by atoms with Crippen molar-refractivity contribution in [1.29, 1.82) is 0 Å². The van der Waals surface area contributed by atoms with Crippen molar-refractivity contribution in [2.75, 3.05) is 47.6 Å². The number of ketones is 1. The molecule has 6 heteroatoms. The number of hydrogen-bond donors (Lipinski definition) is 0. The zero-order valence-corrected chi connectivity index (χ0v) is 13.0. The molecule has 18 heavy (non-hydrogen) atoms. The lowest BCUT2D eigenvalue weighted by atomic mass is 10.2.